The highest BCUT2D eigenvalue weighted by atomic mass is 19.1. The molecular formula is C19H17FN6O2. The zero-order chi connectivity index (χ0) is 19.3. The van der Waals surface area contributed by atoms with Crippen molar-refractivity contribution in [1.82, 2.24) is 28.7 Å². The maximum absolute atomic E-state index is 13.2. The number of hydrogen-bond acceptors (Lipinski definition) is 4. The minimum Gasteiger partial charge on any atom is -0.341 e. The van der Waals surface area contributed by atoms with E-state index in [1.165, 1.54) is 21.2 Å². The molecule has 1 amide bonds. The molecule has 0 spiro atoms. The molecule has 8 nitrogen and oxygen atoms in total. The minimum absolute atomic E-state index is 0.0777. The molecule has 0 saturated carbocycles. The molecule has 0 atom stereocenters. The third kappa shape index (κ3) is 2.67. The lowest BCUT2D eigenvalue weighted by molar-refractivity contribution is -0.131. The molecule has 0 bridgehead atoms. The average Bonchev–Trinajstić information content (AvgIpc) is 3.42. The Morgan fingerprint density at radius 2 is 1.82 bits per heavy atom. The van der Waals surface area contributed by atoms with Gasteiger partial charge in [-0.15, -0.1) is 5.10 Å². The molecule has 5 rings (SSSR count). The van der Waals surface area contributed by atoms with Crippen molar-refractivity contribution in [1.29, 1.82) is 0 Å². The molecule has 1 fully saturated rings. The largest absolute Gasteiger partial charge is 0.350 e. The highest BCUT2D eigenvalue weighted by Gasteiger charge is 2.21. The minimum atomic E-state index is -0.366. The molecule has 0 unspecified atom stereocenters. The number of aromatic nitrogens is 5. The molecular weight excluding hydrogens is 363 g/mol. The van der Waals surface area contributed by atoms with E-state index in [9.17, 15) is 14.0 Å². The highest BCUT2D eigenvalue weighted by molar-refractivity contribution is 5.78. The molecule has 0 N–H and O–H groups in total. The second kappa shape index (κ2) is 6.29. The smallest absolute Gasteiger partial charge is 0.341 e. The first kappa shape index (κ1) is 16.7. The molecule has 4 heterocycles. The first-order valence-electron chi connectivity index (χ1n) is 9.11. The Morgan fingerprint density at radius 3 is 2.57 bits per heavy atom. The Bertz CT molecular complexity index is 1250. The van der Waals surface area contributed by atoms with Crippen molar-refractivity contribution in [3.63, 3.8) is 0 Å². The SMILES string of the molecule is O=C(Cn1nc2c3cc(-c4ccc(F)cc4)nn3ccn2c1=O)N1CCCC1. The fourth-order valence-electron chi connectivity index (χ4n) is 3.59. The first-order chi connectivity index (χ1) is 13.6. The molecule has 0 aliphatic carbocycles. The van der Waals surface area contributed by atoms with Gasteiger partial charge >= 0.3 is 5.69 Å². The zero-order valence-electron chi connectivity index (χ0n) is 15.0. The van der Waals surface area contributed by atoms with E-state index >= 15 is 0 Å². The third-order valence-electron chi connectivity index (χ3n) is 5.08. The fraction of sp³-hybridized carbons (Fsp3) is 0.263. The van der Waals surface area contributed by atoms with Crippen LogP contribution in [0.4, 0.5) is 4.39 Å². The summed E-state index contributed by atoms with van der Waals surface area (Å²) in [7, 11) is 0. The van der Waals surface area contributed by atoms with Crippen molar-refractivity contribution < 1.29 is 9.18 Å². The van der Waals surface area contributed by atoms with Crippen LogP contribution in [-0.4, -0.2) is 47.7 Å². The second-order valence-corrected chi connectivity index (χ2v) is 6.89. The molecule has 28 heavy (non-hydrogen) atoms. The first-order valence-corrected chi connectivity index (χ1v) is 9.11. The van der Waals surface area contributed by atoms with Crippen LogP contribution in [0.5, 0.6) is 0 Å². The van der Waals surface area contributed by atoms with E-state index in [2.05, 4.69) is 10.2 Å². The topological polar surface area (TPSA) is 76.9 Å². The van der Waals surface area contributed by atoms with Gasteiger partial charge in [-0.1, -0.05) is 0 Å². The van der Waals surface area contributed by atoms with Gasteiger partial charge < -0.3 is 4.90 Å². The number of fused-ring (bicyclic) bond motifs is 3. The number of carbonyl (C=O) groups is 1. The molecule has 3 aromatic heterocycles. The van der Waals surface area contributed by atoms with Crippen LogP contribution in [0.2, 0.25) is 0 Å². The van der Waals surface area contributed by atoms with E-state index in [-0.39, 0.29) is 24.0 Å². The number of amides is 1. The Morgan fingerprint density at radius 1 is 1.07 bits per heavy atom. The quantitative estimate of drug-likeness (QED) is 0.541. The van der Waals surface area contributed by atoms with E-state index in [0.717, 1.165) is 31.5 Å². The summed E-state index contributed by atoms with van der Waals surface area (Å²) in [6, 6.07) is 7.83. The van der Waals surface area contributed by atoms with Crippen molar-refractivity contribution in [3.8, 4) is 11.3 Å². The summed E-state index contributed by atoms with van der Waals surface area (Å²) in [5.74, 6) is -0.414. The maximum atomic E-state index is 13.2. The molecule has 9 heteroatoms. The van der Waals surface area contributed by atoms with Crippen molar-refractivity contribution in [2.45, 2.75) is 19.4 Å². The lowest BCUT2D eigenvalue weighted by atomic mass is 10.1. The molecule has 142 valence electrons. The molecule has 1 aliphatic rings. The Kier molecular flexibility index (Phi) is 3.75. The Balaban J connectivity index is 1.57. The highest BCUT2D eigenvalue weighted by Crippen LogP contribution is 2.21. The maximum Gasteiger partial charge on any atom is 0.350 e. The van der Waals surface area contributed by atoms with Crippen molar-refractivity contribution in [3.05, 3.63) is 59.0 Å². The molecule has 1 aliphatic heterocycles. The summed E-state index contributed by atoms with van der Waals surface area (Å²) in [5, 5.41) is 8.85. The summed E-state index contributed by atoms with van der Waals surface area (Å²) in [6.45, 7) is 1.38. The van der Waals surface area contributed by atoms with Crippen LogP contribution in [0.25, 0.3) is 22.4 Å². The molecule has 1 aromatic carbocycles. The lowest BCUT2D eigenvalue weighted by Crippen LogP contribution is -2.34. The third-order valence-corrected chi connectivity index (χ3v) is 5.08. The van der Waals surface area contributed by atoms with Gasteiger partial charge in [0, 0.05) is 31.0 Å². The van der Waals surface area contributed by atoms with Crippen LogP contribution >= 0.6 is 0 Å². The standard InChI is InChI=1S/C19H17FN6O2/c20-14-5-3-13(4-6-14)15-11-16-18-22-26(12-17(27)23-7-1-2-8-23)19(28)24(18)9-10-25(16)21-15/h3-6,9-11H,1-2,7-8,12H2. The lowest BCUT2D eigenvalue weighted by Gasteiger charge is -2.14. The number of nitrogens with zero attached hydrogens (tertiary/aromatic N) is 6. The predicted molar refractivity (Wildman–Crippen MR) is 99.4 cm³/mol. The number of benzene rings is 1. The van der Waals surface area contributed by atoms with Crippen LogP contribution in [0.1, 0.15) is 12.8 Å². The summed E-state index contributed by atoms with van der Waals surface area (Å²) in [6.07, 6.45) is 5.23. The number of hydrogen-bond donors (Lipinski definition) is 0. The predicted octanol–water partition coefficient (Wildman–Crippen LogP) is 1.57. The van der Waals surface area contributed by atoms with Gasteiger partial charge in [-0.05, 0) is 43.2 Å². The Hall–Kier alpha value is -3.49. The van der Waals surface area contributed by atoms with Gasteiger partial charge in [0.15, 0.2) is 5.65 Å². The summed E-state index contributed by atoms with van der Waals surface area (Å²) >= 11 is 0. The zero-order valence-corrected chi connectivity index (χ0v) is 15.0. The van der Waals surface area contributed by atoms with Crippen LogP contribution in [0, 0.1) is 5.82 Å². The number of halogens is 1. The Labute approximate surface area is 158 Å². The number of likely N-dealkylation sites (tertiary alicyclic amines) is 1. The van der Waals surface area contributed by atoms with E-state index in [0.29, 0.717) is 16.9 Å². The van der Waals surface area contributed by atoms with Gasteiger partial charge in [-0.25, -0.2) is 22.8 Å². The van der Waals surface area contributed by atoms with Gasteiger partial charge in [0.25, 0.3) is 0 Å². The van der Waals surface area contributed by atoms with E-state index in [4.69, 9.17) is 0 Å². The summed E-state index contributed by atoms with van der Waals surface area (Å²) in [5.41, 5.74) is 2.08. The number of rotatable bonds is 3. The normalized spacial score (nSPS) is 14.4. The van der Waals surface area contributed by atoms with E-state index < -0.39 is 0 Å². The van der Waals surface area contributed by atoms with Crippen LogP contribution in [0.3, 0.4) is 0 Å². The molecule has 4 aromatic rings. The van der Waals surface area contributed by atoms with Crippen LogP contribution in [-0.2, 0) is 11.3 Å². The van der Waals surface area contributed by atoms with E-state index in [1.807, 2.05) is 0 Å². The summed E-state index contributed by atoms with van der Waals surface area (Å²) < 4.78 is 17.4. The van der Waals surface area contributed by atoms with Crippen molar-refractivity contribution in [2.75, 3.05) is 13.1 Å². The van der Waals surface area contributed by atoms with Gasteiger partial charge in [0.05, 0.1) is 5.69 Å². The van der Waals surface area contributed by atoms with Crippen LogP contribution < -0.4 is 5.69 Å². The van der Waals surface area contributed by atoms with Gasteiger partial charge in [0.1, 0.15) is 17.9 Å². The second-order valence-electron chi connectivity index (χ2n) is 6.89. The van der Waals surface area contributed by atoms with Crippen molar-refractivity contribution in [2.24, 2.45) is 0 Å². The van der Waals surface area contributed by atoms with Crippen LogP contribution in [0.15, 0.2) is 47.5 Å². The van der Waals surface area contributed by atoms with Gasteiger partial charge in [-0.3, -0.25) is 4.79 Å². The van der Waals surface area contributed by atoms with Gasteiger partial charge in [0.2, 0.25) is 5.91 Å². The van der Waals surface area contributed by atoms with Crippen molar-refractivity contribution >= 4 is 17.1 Å². The monoisotopic (exact) mass is 380 g/mol. The van der Waals surface area contributed by atoms with E-state index in [1.54, 1.807) is 40.0 Å². The number of carbonyl (C=O) groups excluding carboxylic acids is 1. The molecule has 1 saturated heterocycles. The van der Waals surface area contributed by atoms with Gasteiger partial charge in [-0.2, -0.15) is 5.10 Å². The molecule has 0 radical (unpaired) electrons. The summed E-state index contributed by atoms with van der Waals surface area (Å²) in [4.78, 5) is 26.8. The fourth-order valence-corrected chi connectivity index (χ4v) is 3.59. The average molecular weight is 380 g/mol.